The molecule has 4 nitrogen and oxygen atoms in total. The van der Waals surface area contributed by atoms with Crippen LogP contribution in [0.4, 0.5) is 0 Å². The van der Waals surface area contributed by atoms with Gasteiger partial charge in [0.05, 0.1) is 23.6 Å². The third-order valence-corrected chi connectivity index (χ3v) is 2.26. The number of hydrogen-bond acceptors (Lipinski definition) is 3. The van der Waals surface area contributed by atoms with Gasteiger partial charge in [-0.15, -0.1) is 5.10 Å². The van der Waals surface area contributed by atoms with Gasteiger partial charge in [-0.3, -0.25) is 0 Å². The lowest BCUT2D eigenvalue weighted by Crippen LogP contribution is -1.99. The van der Waals surface area contributed by atoms with Gasteiger partial charge >= 0.3 is 0 Å². The van der Waals surface area contributed by atoms with Gasteiger partial charge in [0.1, 0.15) is 6.07 Å². The standard InChI is InChI=1S/C11H10N4/c1-2-9-3-4-11(10(7-9)8-12)15-6-5-13-14-15/h3-7H,2H2,1H3. The van der Waals surface area contributed by atoms with Gasteiger partial charge in [-0.1, -0.05) is 18.2 Å². The zero-order valence-corrected chi connectivity index (χ0v) is 8.38. The summed E-state index contributed by atoms with van der Waals surface area (Å²) >= 11 is 0. The van der Waals surface area contributed by atoms with Gasteiger partial charge in [0.2, 0.25) is 0 Å². The summed E-state index contributed by atoms with van der Waals surface area (Å²) in [6, 6.07) is 7.95. The third-order valence-electron chi connectivity index (χ3n) is 2.26. The molecule has 74 valence electrons. The minimum absolute atomic E-state index is 0.625. The van der Waals surface area contributed by atoms with Crippen molar-refractivity contribution in [1.29, 1.82) is 5.26 Å². The van der Waals surface area contributed by atoms with Crippen molar-refractivity contribution in [1.82, 2.24) is 15.0 Å². The van der Waals surface area contributed by atoms with Gasteiger partial charge < -0.3 is 0 Å². The highest BCUT2D eigenvalue weighted by Gasteiger charge is 2.05. The van der Waals surface area contributed by atoms with Crippen LogP contribution in [0.3, 0.4) is 0 Å². The average molecular weight is 198 g/mol. The van der Waals surface area contributed by atoms with Crippen LogP contribution in [0.25, 0.3) is 5.69 Å². The van der Waals surface area contributed by atoms with Gasteiger partial charge in [0.15, 0.2) is 0 Å². The summed E-state index contributed by atoms with van der Waals surface area (Å²) in [5, 5.41) is 16.6. The first-order chi connectivity index (χ1) is 7.35. The van der Waals surface area contributed by atoms with Gasteiger partial charge in [0.25, 0.3) is 0 Å². The quantitative estimate of drug-likeness (QED) is 0.738. The minimum Gasteiger partial charge on any atom is -0.219 e. The molecular formula is C11H10N4. The van der Waals surface area contributed by atoms with Gasteiger partial charge in [-0.2, -0.15) is 5.26 Å². The Balaban J connectivity index is 2.54. The summed E-state index contributed by atoms with van der Waals surface area (Å²) < 4.78 is 1.60. The van der Waals surface area contributed by atoms with Crippen LogP contribution in [0.15, 0.2) is 30.6 Å². The molecule has 0 radical (unpaired) electrons. The first-order valence-electron chi connectivity index (χ1n) is 4.75. The number of hydrogen-bond donors (Lipinski definition) is 0. The monoisotopic (exact) mass is 198 g/mol. The Bertz CT molecular complexity index is 494. The van der Waals surface area contributed by atoms with E-state index in [1.54, 1.807) is 17.1 Å². The molecular weight excluding hydrogens is 188 g/mol. The normalized spacial score (nSPS) is 9.87. The fraction of sp³-hybridized carbons (Fsp3) is 0.182. The van der Waals surface area contributed by atoms with Crippen molar-refractivity contribution >= 4 is 0 Å². The Morgan fingerprint density at radius 3 is 2.93 bits per heavy atom. The summed E-state index contributed by atoms with van der Waals surface area (Å²) in [7, 11) is 0. The molecule has 0 bridgehead atoms. The van der Waals surface area contributed by atoms with Crippen molar-refractivity contribution in [2.24, 2.45) is 0 Å². The van der Waals surface area contributed by atoms with Crippen molar-refractivity contribution in [2.45, 2.75) is 13.3 Å². The molecule has 15 heavy (non-hydrogen) atoms. The fourth-order valence-electron chi connectivity index (χ4n) is 1.43. The van der Waals surface area contributed by atoms with Crippen molar-refractivity contribution in [3.8, 4) is 11.8 Å². The Morgan fingerprint density at radius 1 is 1.47 bits per heavy atom. The van der Waals surface area contributed by atoms with E-state index in [4.69, 9.17) is 5.26 Å². The number of nitrogens with zero attached hydrogens (tertiary/aromatic N) is 4. The molecule has 1 heterocycles. The van der Waals surface area contributed by atoms with E-state index < -0.39 is 0 Å². The highest BCUT2D eigenvalue weighted by atomic mass is 15.4. The Morgan fingerprint density at radius 2 is 2.33 bits per heavy atom. The third kappa shape index (κ3) is 1.72. The van der Waals surface area contributed by atoms with E-state index in [0.717, 1.165) is 17.7 Å². The number of nitriles is 1. The van der Waals surface area contributed by atoms with Crippen LogP contribution in [-0.4, -0.2) is 15.0 Å². The van der Waals surface area contributed by atoms with E-state index in [2.05, 4.69) is 23.3 Å². The molecule has 0 saturated carbocycles. The Hall–Kier alpha value is -2.15. The van der Waals surface area contributed by atoms with Gasteiger partial charge in [-0.05, 0) is 24.1 Å². The fourth-order valence-corrected chi connectivity index (χ4v) is 1.43. The summed E-state index contributed by atoms with van der Waals surface area (Å²) in [4.78, 5) is 0. The minimum atomic E-state index is 0.625. The van der Waals surface area contributed by atoms with Crippen LogP contribution >= 0.6 is 0 Å². The maximum atomic E-state index is 9.03. The zero-order valence-electron chi connectivity index (χ0n) is 8.38. The van der Waals surface area contributed by atoms with Crippen LogP contribution < -0.4 is 0 Å². The lowest BCUT2D eigenvalue weighted by molar-refractivity contribution is 0.800. The second-order valence-corrected chi connectivity index (χ2v) is 3.16. The van der Waals surface area contributed by atoms with E-state index in [-0.39, 0.29) is 0 Å². The molecule has 0 aliphatic heterocycles. The molecule has 0 unspecified atom stereocenters. The van der Waals surface area contributed by atoms with Crippen LogP contribution in [0.1, 0.15) is 18.1 Å². The number of benzene rings is 1. The lowest BCUT2D eigenvalue weighted by Gasteiger charge is -2.04. The topological polar surface area (TPSA) is 54.5 Å². The largest absolute Gasteiger partial charge is 0.219 e. The van der Waals surface area contributed by atoms with Crippen molar-refractivity contribution < 1.29 is 0 Å². The molecule has 4 heteroatoms. The molecule has 0 saturated heterocycles. The van der Waals surface area contributed by atoms with Crippen LogP contribution in [0, 0.1) is 11.3 Å². The molecule has 0 spiro atoms. The van der Waals surface area contributed by atoms with Gasteiger partial charge in [0, 0.05) is 0 Å². The Labute approximate surface area is 87.8 Å². The predicted octanol–water partition coefficient (Wildman–Crippen LogP) is 1.70. The predicted molar refractivity (Wildman–Crippen MR) is 55.5 cm³/mol. The average Bonchev–Trinajstić information content (AvgIpc) is 2.81. The highest BCUT2D eigenvalue weighted by Crippen LogP contribution is 2.15. The lowest BCUT2D eigenvalue weighted by atomic mass is 10.1. The first-order valence-corrected chi connectivity index (χ1v) is 4.75. The van der Waals surface area contributed by atoms with Crippen molar-refractivity contribution in [3.05, 3.63) is 41.7 Å². The molecule has 1 aromatic carbocycles. The number of aromatic nitrogens is 3. The van der Waals surface area contributed by atoms with E-state index in [0.29, 0.717) is 5.56 Å². The van der Waals surface area contributed by atoms with Gasteiger partial charge in [-0.25, -0.2) is 4.68 Å². The maximum Gasteiger partial charge on any atom is 0.101 e. The molecule has 0 fully saturated rings. The van der Waals surface area contributed by atoms with E-state index in [1.807, 2.05) is 18.2 Å². The van der Waals surface area contributed by atoms with Crippen molar-refractivity contribution in [2.75, 3.05) is 0 Å². The molecule has 1 aromatic heterocycles. The Kier molecular flexibility index (Phi) is 2.46. The van der Waals surface area contributed by atoms with Crippen LogP contribution in [0.2, 0.25) is 0 Å². The highest BCUT2D eigenvalue weighted by molar-refractivity contribution is 5.49. The molecule has 2 aromatic rings. The second-order valence-electron chi connectivity index (χ2n) is 3.16. The summed E-state index contributed by atoms with van der Waals surface area (Å²) in [6.07, 6.45) is 4.24. The number of aryl methyl sites for hydroxylation is 1. The van der Waals surface area contributed by atoms with E-state index in [9.17, 15) is 0 Å². The molecule has 0 aliphatic carbocycles. The molecule has 0 atom stereocenters. The van der Waals surface area contributed by atoms with Crippen LogP contribution in [-0.2, 0) is 6.42 Å². The molecule has 2 rings (SSSR count). The molecule has 0 aliphatic rings. The summed E-state index contributed by atoms with van der Waals surface area (Å²) in [6.45, 7) is 2.06. The summed E-state index contributed by atoms with van der Waals surface area (Å²) in [5.74, 6) is 0. The first kappa shape index (κ1) is 9.41. The smallest absolute Gasteiger partial charge is 0.101 e. The SMILES string of the molecule is CCc1ccc(-n2ccnn2)c(C#N)c1. The van der Waals surface area contributed by atoms with Crippen molar-refractivity contribution in [3.63, 3.8) is 0 Å². The summed E-state index contributed by atoms with van der Waals surface area (Å²) in [5.41, 5.74) is 2.54. The van der Waals surface area contributed by atoms with E-state index in [1.165, 1.54) is 0 Å². The number of rotatable bonds is 2. The van der Waals surface area contributed by atoms with E-state index >= 15 is 0 Å². The second kappa shape index (κ2) is 3.93. The zero-order chi connectivity index (χ0) is 10.7. The molecule has 0 N–H and O–H groups in total. The van der Waals surface area contributed by atoms with Crippen LogP contribution in [0.5, 0.6) is 0 Å². The maximum absolute atomic E-state index is 9.03. The molecule has 0 amide bonds.